The highest BCUT2D eigenvalue weighted by molar-refractivity contribution is 5.97. The second-order valence-electron chi connectivity index (χ2n) is 6.15. The predicted octanol–water partition coefficient (Wildman–Crippen LogP) is 3.55. The van der Waals surface area contributed by atoms with E-state index in [1.54, 1.807) is 0 Å². The first-order chi connectivity index (χ1) is 9.06. The third-order valence-corrected chi connectivity index (χ3v) is 4.28. The van der Waals surface area contributed by atoms with Gasteiger partial charge in [-0.25, -0.2) is 0 Å². The van der Waals surface area contributed by atoms with Crippen molar-refractivity contribution in [2.75, 3.05) is 19.6 Å². The van der Waals surface area contributed by atoms with Crippen LogP contribution in [0.5, 0.6) is 0 Å². The molecule has 1 saturated heterocycles. The lowest BCUT2D eigenvalue weighted by atomic mass is 9.86. The Balaban J connectivity index is 1.87. The molecule has 0 saturated carbocycles. The van der Waals surface area contributed by atoms with E-state index in [-0.39, 0.29) is 5.78 Å². The molecule has 2 nitrogen and oxygen atoms in total. The van der Waals surface area contributed by atoms with Crippen LogP contribution in [-0.4, -0.2) is 30.3 Å². The maximum atomic E-state index is 12.2. The highest BCUT2D eigenvalue weighted by Crippen LogP contribution is 2.24. The highest BCUT2D eigenvalue weighted by Gasteiger charge is 2.22. The number of likely N-dealkylation sites (tertiary alicyclic amines) is 1. The molecule has 104 valence electrons. The third kappa shape index (κ3) is 3.90. The number of hydrogen-bond acceptors (Lipinski definition) is 2. The molecule has 0 unspecified atom stereocenters. The molecule has 1 aliphatic heterocycles. The fourth-order valence-electron chi connectivity index (χ4n) is 2.89. The molecule has 2 rings (SSSR count). The van der Waals surface area contributed by atoms with E-state index in [2.05, 4.69) is 18.7 Å². The van der Waals surface area contributed by atoms with Crippen LogP contribution in [0.2, 0.25) is 0 Å². The summed E-state index contributed by atoms with van der Waals surface area (Å²) < 4.78 is 0. The molecule has 19 heavy (non-hydrogen) atoms. The number of rotatable bonds is 4. The molecular formula is C17H25NO. The predicted molar refractivity (Wildman–Crippen MR) is 79.5 cm³/mol. The van der Waals surface area contributed by atoms with Crippen LogP contribution in [0.4, 0.5) is 0 Å². The first kappa shape index (κ1) is 14.3. The fraction of sp³-hybridized carbons (Fsp3) is 0.588. The van der Waals surface area contributed by atoms with Gasteiger partial charge in [-0.1, -0.05) is 37.6 Å². The lowest BCUT2D eigenvalue weighted by Gasteiger charge is -2.33. The van der Waals surface area contributed by atoms with Crippen molar-refractivity contribution in [1.29, 1.82) is 0 Å². The summed E-state index contributed by atoms with van der Waals surface area (Å²) in [5.74, 6) is 1.87. The smallest absolute Gasteiger partial charge is 0.176 e. The molecule has 1 fully saturated rings. The average Bonchev–Trinajstić information content (AvgIpc) is 2.39. The van der Waals surface area contributed by atoms with E-state index >= 15 is 0 Å². The molecule has 0 spiro atoms. The van der Waals surface area contributed by atoms with Gasteiger partial charge >= 0.3 is 0 Å². The van der Waals surface area contributed by atoms with E-state index in [0.717, 1.165) is 36.1 Å². The first-order valence-corrected chi connectivity index (χ1v) is 7.38. The average molecular weight is 259 g/mol. The molecule has 1 heterocycles. The Morgan fingerprint density at radius 1 is 1.32 bits per heavy atom. The largest absolute Gasteiger partial charge is 0.296 e. The van der Waals surface area contributed by atoms with E-state index in [4.69, 9.17) is 0 Å². The van der Waals surface area contributed by atoms with Gasteiger partial charge in [0, 0.05) is 5.56 Å². The lowest BCUT2D eigenvalue weighted by molar-refractivity contribution is 0.0880. The van der Waals surface area contributed by atoms with Gasteiger partial charge in [0.1, 0.15) is 0 Å². The van der Waals surface area contributed by atoms with Crippen molar-refractivity contribution in [2.45, 2.75) is 33.6 Å². The molecule has 1 aromatic carbocycles. The lowest BCUT2D eigenvalue weighted by Crippen LogP contribution is -2.38. The monoisotopic (exact) mass is 259 g/mol. The Morgan fingerprint density at radius 2 is 2.00 bits per heavy atom. The summed E-state index contributed by atoms with van der Waals surface area (Å²) in [5, 5.41) is 0. The van der Waals surface area contributed by atoms with Crippen molar-refractivity contribution in [2.24, 2.45) is 11.8 Å². The van der Waals surface area contributed by atoms with Gasteiger partial charge in [-0.15, -0.1) is 0 Å². The highest BCUT2D eigenvalue weighted by atomic mass is 16.1. The number of piperidine rings is 1. The minimum absolute atomic E-state index is 0.256. The number of Topliss-reactive ketones (excluding diaryl/α,β-unsaturated/α-hetero) is 1. The van der Waals surface area contributed by atoms with Gasteiger partial charge in [-0.2, -0.15) is 0 Å². The van der Waals surface area contributed by atoms with E-state index in [9.17, 15) is 4.79 Å². The van der Waals surface area contributed by atoms with Gasteiger partial charge in [0.2, 0.25) is 0 Å². The zero-order valence-electron chi connectivity index (χ0n) is 12.4. The van der Waals surface area contributed by atoms with Gasteiger partial charge in [0.05, 0.1) is 6.54 Å². The molecular weight excluding hydrogens is 234 g/mol. The van der Waals surface area contributed by atoms with Crippen molar-refractivity contribution < 1.29 is 4.79 Å². The van der Waals surface area contributed by atoms with Crippen molar-refractivity contribution in [3.63, 3.8) is 0 Å². The minimum atomic E-state index is 0.256. The Hall–Kier alpha value is -1.15. The normalized spacial score (nSPS) is 17.9. The standard InChI is InChI=1S/C17H25NO/c1-13(2)15-7-9-18(10-8-15)12-17(19)16-6-4-5-14(3)11-16/h4-6,11,13,15H,7-10,12H2,1-3H3. The number of carbonyl (C=O) groups excluding carboxylic acids is 1. The number of carbonyl (C=O) groups is 1. The molecule has 0 aliphatic carbocycles. The van der Waals surface area contributed by atoms with Gasteiger partial charge in [0.15, 0.2) is 5.78 Å². The Morgan fingerprint density at radius 3 is 2.58 bits per heavy atom. The van der Waals surface area contributed by atoms with Gasteiger partial charge in [0.25, 0.3) is 0 Å². The van der Waals surface area contributed by atoms with Crippen molar-refractivity contribution in [3.05, 3.63) is 35.4 Å². The number of hydrogen-bond donors (Lipinski definition) is 0. The Kier molecular flexibility index (Phi) is 4.76. The van der Waals surface area contributed by atoms with Crippen LogP contribution in [0.3, 0.4) is 0 Å². The van der Waals surface area contributed by atoms with Crippen LogP contribution in [-0.2, 0) is 0 Å². The first-order valence-electron chi connectivity index (χ1n) is 7.38. The second kappa shape index (κ2) is 6.33. The zero-order valence-corrected chi connectivity index (χ0v) is 12.4. The van der Waals surface area contributed by atoms with E-state index in [1.807, 2.05) is 31.2 Å². The van der Waals surface area contributed by atoms with Crippen molar-refractivity contribution in [1.82, 2.24) is 4.90 Å². The van der Waals surface area contributed by atoms with Crippen LogP contribution < -0.4 is 0 Å². The third-order valence-electron chi connectivity index (χ3n) is 4.28. The molecule has 0 N–H and O–H groups in total. The quantitative estimate of drug-likeness (QED) is 0.771. The fourth-order valence-corrected chi connectivity index (χ4v) is 2.89. The van der Waals surface area contributed by atoms with Crippen molar-refractivity contribution in [3.8, 4) is 0 Å². The molecule has 0 amide bonds. The molecule has 0 radical (unpaired) electrons. The Labute approximate surface area is 116 Å². The number of ketones is 1. The van der Waals surface area contributed by atoms with Crippen LogP contribution in [0.1, 0.15) is 42.6 Å². The minimum Gasteiger partial charge on any atom is -0.296 e. The van der Waals surface area contributed by atoms with E-state index in [0.29, 0.717) is 6.54 Å². The molecule has 0 bridgehead atoms. The second-order valence-corrected chi connectivity index (χ2v) is 6.15. The van der Waals surface area contributed by atoms with Crippen LogP contribution in [0, 0.1) is 18.8 Å². The molecule has 1 aliphatic rings. The van der Waals surface area contributed by atoms with Gasteiger partial charge < -0.3 is 0 Å². The summed E-state index contributed by atoms with van der Waals surface area (Å²) in [5.41, 5.74) is 2.01. The van der Waals surface area contributed by atoms with Gasteiger partial charge in [-0.05, 0) is 50.8 Å². The van der Waals surface area contributed by atoms with E-state index < -0.39 is 0 Å². The summed E-state index contributed by atoms with van der Waals surface area (Å²) in [6.07, 6.45) is 2.47. The summed E-state index contributed by atoms with van der Waals surface area (Å²) in [7, 11) is 0. The molecule has 0 aromatic heterocycles. The Bertz CT molecular complexity index is 431. The van der Waals surface area contributed by atoms with E-state index in [1.165, 1.54) is 12.8 Å². The van der Waals surface area contributed by atoms with Crippen LogP contribution >= 0.6 is 0 Å². The summed E-state index contributed by atoms with van der Waals surface area (Å²) in [6.45, 7) is 9.36. The molecule has 1 aromatic rings. The summed E-state index contributed by atoms with van der Waals surface area (Å²) in [6, 6.07) is 7.91. The maximum Gasteiger partial charge on any atom is 0.176 e. The molecule has 2 heteroatoms. The van der Waals surface area contributed by atoms with Gasteiger partial charge in [-0.3, -0.25) is 9.69 Å². The maximum absolute atomic E-state index is 12.2. The number of nitrogens with zero attached hydrogens (tertiary/aromatic N) is 1. The number of benzene rings is 1. The van der Waals surface area contributed by atoms with Crippen LogP contribution in [0.25, 0.3) is 0 Å². The SMILES string of the molecule is Cc1cccc(C(=O)CN2CCC(C(C)C)CC2)c1. The van der Waals surface area contributed by atoms with Crippen LogP contribution in [0.15, 0.2) is 24.3 Å². The zero-order chi connectivity index (χ0) is 13.8. The number of aryl methyl sites for hydroxylation is 1. The molecule has 0 atom stereocenters. The van der Waals surface area contributed by atoms with Crippen molar-refractivity contribution >= 4 is 5.78 Å². The topological polar surface area (TPSA) is 20.3 Å². The summed E-state index contributed by atoms with van der Waals surface area (Å²) >= 11 is 0. The summed E-state index contributed by atoms with van der Waals surface area (Å²) in [4.78, 5) is 14.5.